The minimum absolute atomic E-state index is 0.418. The fraction of sp³-hybridized carbons (Fsp3) is 1.00. The van der Waals surface area contributed by atoms with Gasteiger partial charge in [0.1, 0.15) is 0 Å². The summed E-state index contributed by atoms with van der Waals surface area (Å²) in [5, 5.41) is 3.64. The van der Waals surface area contributed by atoms with Gasteiger partial charge in [0.05, 0.1) is 0 Å². The van der Waals surface area contributed by atoms with E-state index in [9.17, 15) is 0 Å². The highest BCUT2D eigenvalue weighted by atomic mass is 15.2. The third kappa shape index (κ3) is 3.97. The molecule has 1 aliphatic rings. The lowest BCUT2D eigenvalue weighted by atomic mass is 9.86. The summed E-state index contributed by atoms with van der Waals surface area (Å²) in [6.07, 6.45) is 3.95. The number of piperidine rings is 1. The molecular formula is C12H28N2. The van der Waals surface area contributed by atoms with Crippen molar-refractivity contribution in [1.29, 1.82) is 0 Å². The number of rotatable bonds is 3. The van der Waals surface area contributed by atoms with Crippen molar-refractivity contribution < 1.29 is 0 Å². The molecule has 14 heavy (non-hydrogen) atoms. The second-order valence-corrected chi connectivity index (χ2v) is 4.01. The van der Waals surface area contributed by atoms with Crippen LogP contribution in [0.5, 0.6) is 0 Å². The molecule has 1 rings (SSSR count). The Hall–Kier alpha value is -0.0800. The van der Waals surface area contributed by atoms with E-state index in [1.54, 1.807) is 0 Å². The van der Waals surface area contributed by atoms with Crippen LogP contribution in [-0.2, 0) is 0 Å². The molecule has 0 aromatic carbocycles. The normalized spacial score (nSPS) is 28.1. The van der Waals surface area contributed by atoms with Gasteiger partial charge < -0.3 is 10.2 Å². The summed E-state index contributed by atoms with van der Waals surface area (Å²) in [6, 6.07) is 0. The first-order valence-corrected chi connectivity index (χ1v) is 6.16. The zero-order valence-electron chi connectivity index (χ0n) is 10.7. The van der Waals surface area contributed by atoms with Crippen LogP contribution in [0.4, 0.5) is 0 Å². The molecule has 1 unspecified atom stereocenters. The number of nitrogens with zero attached hydrogens (tertiary/aromatic N) is 1. The third-order valence-corrected chi connectivity index (χ3v) is 3.00. The van der Waals surface area contributed by atoms with Crippen LogP contribution in [0.25, 0.3) is 0 Å². The van der Waals surface area contributed by atoms with E-state index in [1.165, 1.54) is 32.4 Å². The Morgan fingerprint density at radius 3 is 2.36 bits per heavy atom. The van der Waals surface area contributed by atoms with Gasteiger partial charge in [-0.3, -0.25) is 0 Å². The zero-order valence-corrected chi connectivity index (χ0v) is 10.7. The second kappa shape index (κ2) is 7.24. The maximum Gasteiger partial charge on any atom is 0.0306 e. The summed E-state index contributed by atoms with van der Waals surface area (Å²) in [4.78, 5) is 2.44. The lowest BCUT2D eigenvalue weighted by Crippen LogP contribution is -2.55. The number of hydrogen-bond donors (Lipinski definition) is 1. The van der Waals surface area contributed by atoms with Gasteiger partial charge in [-0.1, -0.05) is 27.7 Å². The van der Waals surface area contributed by atoms with E-state index in [1.807, 2.05) is 13.8 Å². The molecule has 0 aromatic heterocycles. The Kier molecular flexibility index (Phi) is 7.20. The fourth-order valence-corrected chi connectivity index (χ4v) is 2.30. The zero-order chi connectivity index (χ0) is 11.0. The van der Waals surface area contributed by atoms with Crippen LogP contribution in [0.3, 0.4) is 0 Å². The predicted molar refractivity (Wildman–Crippen MR) is 64.8 cm³/mol. The summed E-state index contributed by atoms with van der Waals surface area (Å²) < 4.78 is 0. The van der Waals surface area contributed by atoms with Crippen LogP contribution < -0.4 is 5.32 Å². The first-order valence-electron chi connectivity index (χ1n) is 6.16. The number of nitrogens with one attached hydrogen (secondary N) is 1. The molecule has 1 fully saturated rings. The van der Waals surface area contributed by atoms with Gasteiger partial charge >= 0.3 is 0 Å². The van der Waals surface area contributed by atoms with Crippen LogP contribution in [-0.4, -0.2) is 37.1 Å². The van der Waals surface area contributed by atoms with Crippen molar-refractivity contribution in [2.45, 2.75) is 52.5 Å². The van der Waals surface area contributed by atoms with Gasteiger partial charge in [-0.05, 0) is 39.4 Å². The van der Waals surface area contributed by atoms with Crippen LogP contribution in [0.1, 0.15) is 47.0 Å². The van der Waals surface area contributed by atoms with Crippen LogP contribution in [0.15, 0.2) is 0 Å². The van der Waals surface area contributed by atoms with Crippen molar-refractivity contribution in [3.8, 4) is 0 Å². The Balaban J connectivity index is 0.000000791. The second-order valence-electron chi connectivity index (χ2n) is 4.01. The molecule has 1 aliphatic heterocycles. The van der Waals surface area contributed by atoms with Crippen molar-refractivity contribution >= 4 is 0 Å². The van der Waals surface area contributed by atoms with Crippen molar-refractivity contribution in [3.05, 3.63) is 0 Å². The van der Waals surface area contributed by atoms with Crippen molar-refractivity contribution in [3.63, 3.8) is 0 Å². The van der Waals surface area contributed by atoms with Crippen LogP contribution >= 0.6 is 0 Å². The minimum Gasteiger partial charge on any atom is -0.310 e. The van der Waals surface area contributed by atoms with Gasteiger partial charge in [0.2, 0.25) is 0 Å². The summed E-state index contributed by atoms with van der Waals surface area (Å²) >= 11 is 0. The summed E-state index contributed by atoms with van der Waals surface area (Å²) in [7, 11) is 2.22. The third-order valence-electron chi connectivity index (χ3n) is 3.00. The Morgan fingerprint density at radius 1 is 1.29 bits per heavy atom. The molecule has 1 heterocycles. The maximum absolute atomic E-state index is 3.64. The van der Waals surface area contributed by atoms with Gasteiger partial charge in [0, 0.05) is 12.1 Å². The number of likely N-dealkylation sites (tertiary alicyclic amines) is 1. The van der Waals surface area contributed by atoms with Crippen molar-refractivity contribution in [1.82, 2.24) is 10.2 Å². The lowest BCUT2D eigenvalue weighted by Gasteiger charge is -2.41. The molecule has 2 heteroatoms. The van der Waals surface area contributed by atoms with Crippen LogP contribution in [0, 0.1) is 0 Å². The molecule has 0 saturated carbocycles. The number of likely N-dealkylation sites (N-methyl/N-ethyl adjacent to an activating group) is 2. The first kappa shape index (κ1) is 13.9. The monoisotopic (exact) mass is 200 g/mol. The molecular weight excluding hydrogens is 172 g/mol. The fourth-order valence-electron chi connectivity index (χ4n) is 2.30. The molecule has 1 atom stereocenters. The average molecular weight is 200 g/mol. The Bertz CT molecular complexity index is 132. The molecule has 0 bridgehead atoms. The van der Waals surface area contributed by atoms with E-state index in [0.717, 1.165) is 6.54 Å². The number of hydrogen-bond acceptors (Lipinski definition) is 2. The van der Waals surface area contributed by atoms with Gasteiger partial charge in [-0.25, -0.2) is 0 Å². The van der Waals surface area contributed by atoms with E-state index in [4.69, 9.17) is 0 Å². The lowest BCUT2D eigenvalue weighted by molar-refractivity contribution is 0.142. The predicted octanol–water partition coefficient (Wildman–Crippen LogP) is 2.50. The molecule has 0 radical (unpaired) electrons. The van der Waals surface area contributed by atoms with Gasteiger partial charge in [0.15, 0.2) is 0 Å². The average Bonchev–Trinajstić information content (AvgIpc) is 2.21. The molecule has 1 N–H and O–H groups in total. The highest BCUT2D eigenvalue weighted by Crippen LogP contribution is 2.23. The maximum atomic E-state index is 3.64. The molecule has 2 nitrogen and oxygen atoms in total. The molecule has 1 saturated heterocycles. The Morgan fingerprint density at radius 2 is 1.93 bits per heavy atom. The summed E-state index contributed by atoms with van der Waals surface area (Å²) in [6.45, 7) is 12.1. The van der Waals surface area contributed by atoms with Gasteiger partial charge in [0.25, 0.3) is 0 Å². The summed E-state index contributed by atoms with van der Waals surface area (Å²) in [5.74, 6) is 0. The molecule has 0 amide bonds. The van der Waals surface area contributed by atoms with Gasteiger partial charge in [-0.15, -0.1) is 0 Å². The van der Waals surface area contributed by atoms with Crippen molar-refractivity contribution in [2.24, 2.45) is 0 Å². The Labute approximate surface area is 90.1 Å². The molecule has 0 spiro atoms. The summed E-state index contributed by atoms with van der Waals surface area (Å²) in [5.41, 5.74) is 0.418. The largest absolute Gasteiger partial charge is 0.310 e. The van der Waals surface area contributed by atoms with E-state index in [2.05, 4.69) is 31.1 Å². The molecule has 86 valence electrons. The quantitative estimate of drug-likeness (QED) is 0.753. The molecule has 0 aromatic rings. The topological polar surface area (TPSA) is 15.3 Å². The standard InChI is InChI=1S/C10H22N2.C2H6/c1-4-10(11-5-2)7-6-8-12(3)9-10;1-2/h11H,4-9H2,1-3H3;1-2H3. The van der Waals surface area contributed by atoms with E-state index >= 15 is 0 Å². The highest BCUT2D eigenvalue weighted by Gasteiger charge is 2.31. The van der Waals surface area contributed by atoms with Gasteiger partial charge in [-0.2, -0.15) is 0 Å². The minimum atomic E-state index is 0.418. The first-order chi connectivity index (χ1) is 6.72. The highest BCUT2D eigenvalue weighted by molar-refractivity contribution is 4.92. The van der Waals surface area contributed by atoms with Crippen LogP contribution in [0.2, 0.25) is 0 Å². The van der Waals surface area contributed by atoms with E-state index in [0.29, 0.717) is 5.54 Å². The van der Waals surface area contributed by atoms with E-state index in [-0.39, 0.29) is 0 Å². The molecule has 0 aliphatic carbocycles. The SMILES string of the molecule is CC.CCNC1(CC)CCCN(C)C1. The smallest absolute Gasteiger partial charge is 0.0306 e. The van der Waals surface area contributed by atoms with E-state index < -0.39 is 0 Å². The van der Waals surface area contributed by atoms with Crippen molar-refractivity contribution in [2.75, 3.05) is 26.7 Å².